The zero-order valence-corrected chi connectivity index (χ0v) is 14.1. The highest BCUT2D eigenvalue weighted by molar-refractivity contribution is 7.99. The lowest BCUT2D eigenvalue weighted by atomic mass is 10.2. The van der Waals surface area contributed by atoms with Crippen LogP contribution in [0.3, 0.4) is 0 Å². The van der Waals surface area contributed by atoms with Gasteiger partial charge in [-0.05, 0) is 36.8 Å². The lowest BCUT2D eigenvalue weighted by Gasteiger charge is -2.01. The van der Waals surface area contributed by atoms with E-state index >= 15 is 0 Å². The minimum absolute atomic E-state index is 0.826. The average molecular weight is 319 g/mol. The van der Waals surface area contributed by atoms with E-state index in [4.69, 9.17) is 0 Å². The van der Waals surface area contributed by atoms with Crippen LogP contribution in [-0.2, 0) is 0 Å². The Balaban J connectivity index is 1.78. The largest absolute Gasteiger partial charge is 0.253 e. The van der Waals surface area contributed by atoms with Gasteiger partial charge >= 0.3 is 0 Å². The number of rotatable bonds is 8. The van der Waals surface area contributed by atoms with Crippen LogP contribution in [0.1, 0.15) is 37.4 Å². The van der Waals surface area contributed by atoms with Gasteiger partial charge in [0, 0.05) is 10.3 Å². The standard InChI is InChI=1S/C16H21N3S2/c1-3-4-5-10-20-15-8-6-14(7-9-15)11-17-19-16-18-13(2)12-21-16/h6-9,11-12H,3-5,10H2,1-2H3,(H,18,19). The smallest absolute Gasteiger partial charge is 0.203 e. The van der Waals surface area contributed by atoms with Crippen molar-refractivity contribution in [2.24, 2.45) is 5.10 Å². The molecular weight excluding hydrogens is 298 g/mol. The zero-order valence-electron chi connectivity index (χ0n) is 12.5. The highest BCUT2D eigenvalue weighted by atomic mass is 32.2. The Labute approximate surface area is 134 Å². The summed E-state index contributed by atoms with van der Waals surface area (Å²) in [6.45, 7) is 4.21. The van der Waals surface area contributed by atoms with Crippen LogP contribution in [0.15, 0.2) is 39.6 Å². The molecule has 1 heterocycles. The SMILES string of the molecule is CCCCCSc1ccc(C=NNc2nc(C)cs2)cc1. The van der Waals surface area contributed by atoms with Gasteiger partial charge in [-0.2, -0.15) is 5.10 Å². The number of anilines is 1. The van der Waals surface area contributed by atoms with Crippen LogP contribution in [-0.4, -0.2) is 17.0 Å². The molecule has 1 aromatic carbocycles. The minimum Gasteiger partial charge on any atom is -0.253 e. The molecule has 2 rings (SSSR count). The van der Waals surface area contributed by atoms with Crippen molar-refractivity contribution < 1.29 is 0 Å². The topological polar surface area (TPSA) is 37.3 Å². The number of hydrogen-bond acceptors (Lipinski definition) is 5. The number of unbranched alkanes of at least 4 members (excludes halogenated alkanes) is 2. The molecule has 0 aliphatic carbocycles. The van der Waals surface area contributed by atoms with Gasteiger partial charge in [-0.3, -0.25) is 5.43 Å². The molecule has 0 saturated heterocycles. The van der Waals surface area contributed by atoms with E-state index in [0.29, 0.717) is 0 Å². The van der Waals surface area contributed by atoms with Crippen molar-refractivity contribution in [3.8, 4) is 0 Å². The number of benzene rings is 1. The number of nitrogens with zero attached hydrogens (tertiary/aromatic N) is 2. The Morgan fingerprint density at radius 1 is 1.29 bits per heavy atom. The molecule has 2 aromatic rings. The van der Waals surface area contributed by atoms with Gasteiger partial charge in [-0.15, -0.1) is 23.1 Å². The summed E-state index contributed by atoms with van der Waals surface area (Å²) in [6.07, 6.45) is 5.71. The highest BCUT2D eigenvalue weighted by Crippen LogP contribution is 2.20. The Morgan fingerprint density at radius 3 is 2.76 bits per heavy atom. The van der Waals surface area contributed by atoms with Gasteiger partial charge < -0.3 is 0 Å². The van der Waals surface area contributed by atoms with Gasteiger partial charge in [0.2, 0.25) is 5.13 Å². The molecule has 112 valence electrons. The lowest BCUT2D eigenvalue weighted by molar-refractivity contribution is 0.778. The molecule has 0 fully saturated rings. The summed E-state index contributed by atoms with van der Waals surface area (Å²) >= 11 is 3.48. The van der Waals surface area contributed by atoms with Crippen LogP contribution in [0.4, 0.5) is 5.13 Å². The maximum atomic E-state index is 4.30. The molecule has 5 heteroatoms. The van der Waals surface area contributed by atoms with E-state index in [1.807, 2.05) is 30.3 Å². The summed E-state index contributed by atoms with van der Waals surface area (Å²) < 4.78 is 0. The summed E-state index contributed by atoms with van der Waals surface area (Å²) in [6, 6.07) is 8.51. The lowest BCUT2D eigenvalue weighted by Crippen LogP contribution is -1.90. The predicted octanol–water partition coefficient (Wildman–Crippen LogP) is 5.18. The third-order valence-electron chi connectivity index (χ3n) is 2.89. The van der Waals surface area contributed by atoms with Gasteiger partial charge in [-0.25, -0.2) is 4.98 Å². The summed E-state index contributed by atoms with van der Waals surface area (Å²) in [5.41, 5.74) is 5.06. The Bertz CT molecular complexity index is 561. The molecule has 3 nitrogen and oxygen atoms in total. The second-order valence-electron chi connectivity index (χ2n) is 4.79. The van der Waals surface area contributed by atoms with Crippen molar-refractivity contribution in [2.75, 3.05) is 11.2 Å². The number of aromatic nitrogens is 1. The van der Waals surface area contributed by atoms with Crippen LogP contribution >= 0.6 is 23.1 Å². The highest BCUT2D eigenvalue weighted by Gasteiger charge is 1.96. The number of nitrogens with one attached hydrogen (secondary N) is 1. The van der Waals surface area contributed by atoms with Crippen molar-refractivity contribution in [1.82, 2.24) is 4.98 Å². The maximum Gasteiger partial charge on any atom is 0.203 e. The first kappa shape index (κ1) is 16.0. The van der Waals surface area contributed by atoms with Crippen LogP contribution in [0.5, 0.6) is 0 Å². The molecule has 0 bridgehead atoms. The van der Waals surface area contributed by atoms with Crippen LogP contribution < -0.4 is 5.43 Å². The normalized spacial score (nSPS) is 11.1. The van der Waals surface area contributed by atoms with Gasteiger partial charge in [-0.1, -0.05) is 31.9 Å². The van der Waals surface area contributed by atoms with E-state index in [1.165, 1.54) is 29.9 Å². The maximum absolute atomic E-state index is 4.30. The Kier molecular flexibility index (Phi) is 6.76. The first-order chi connectivity index (χ1) is 10.3. The van der Waals surface area contributed by atoms with Crippen LogP contribution in [0.25, 0.3) is 0 Å². The fraction of sp³-hybridized carbons (Fsp3) is 0.375. The number of thioether (sulfide) groups is 1. The summed E-state index contributed by atoms with van der Waals surface area (Å²) in [4.78, 5) is 5.62. The summed E-state index contributed by atoms with van der Waals surface area (Å²) in [5.74, 6) is 1.20. The van der Waals surface area contributed by atoms with Gasteiger partial charge in [0.05, 0.1) is 11.9 Å². The molecule has 0 aliphatic rings. The Hall–Kier alpha value is -1.33. The first-order valence-corrected chi connectivity index (χ1v) is 9.08. The van der Waals surface area contributed by atoms with Gasteiger partial charge in [0.15, 0.2) is 0 Å². The molecule has 0 amide bonds. The molecule has 0 atom stereocenters. The van der Waals surface area contributed by atoms with E-state index in [-0.39, 0.29) is 0 Å². The van der Waals surface area contributed by atoms with Crippen LogP contribution in [0.2, 0.25) is 0 Å². The van der Waals surface area contributed by atoms with Gasteiger partial charge in [0.1, 0.15) is 0 Å². The fourth-order valence-corrected chi connectivity index (χ4v) is 3.31. The minimum atomic E-state index is 0.826. The van der Waals surface area contributed by atoms with E-state index in [0.717, 1.165) is 16.4 Å². The van der Waals surface area contributed by atoms with E-state index < -0.39 is 0 Å². The Morgan fingerprint density at radius 2 is 2.10 bits per heavy atom. The van der Waals surface area contributed by atoms with Crippen molar-refractivity contribution in [3.63, 3.8) is 0 Å². The fourth-order valence-electron chi connectivity index (χ4n) is 1.76. The van der Waals surface area contributed by atoms with Crippen molar-refractivity contribution >= 4 is 34.4 Å². The van der Waals surface area contributed by atoms with Crippen molar-refractivity contribution in [2.45, 2.75) is 38.0 Å². The second-order valence-corrected chi connectivity index (χ2v) is 6.82. The van der Waals surface area contributed by atoms with E-state index in [1.54, 1.807) is 11.3 Å². The number of hydrazone groups is 1. The molecule has 0 saturated carbocycles. The molecule has 0 spiro atoms. The summed E-state index contributed by atoms with van der Waals surface area (Å²) in [5, 5.41) is 7.04. The molecule has 0 unspecified atom stereocenters. The molecule has 1 aromatic heterocycles. The average Bonchev–Trinajstić information content (AvgIpc) is 2.91. The van der Waals surface area contributed by atoms with E-state index in [2.05, 4.69) is 46.7 Å². The van der Waals surface area contributed by atoms with Crippen molar-refractivity contribution in [3.05, 3.63) is 40.9 Å². The monoisotopic (exact) mass is 319 g/mol. The van der Waals surface area contributed by atoms with E-state index in [9.17, 15) is 0 Å². The quantitative estimate of drug-likeness (QED) is 0.315. The molecular formula is C16H21N3S2. The number of hydrogen-bond donors (Lipinski definition) is 1. The molecule has 0 aliphatic heterocycles. The number of aryl methyl sites for hydroxylation is 1. The van der Waals surface area contributed by atoms with Gasteiger partial charge in [0.25, 0.3) is 0 Å². The number of thiazole rings is 1. The second kappa shape index (κ2) is 8.85. The summed E-state index contributed by atoms with van der Waals surface area (Å²) in [7, 11) is 0. The predicted molar refractivity (Wildman–Crippen MR) is 94.8 cm³/mol. The van der Waals surface area contributed by atoms with Crippen LogP contribution in [0, 0.1) is 6.92 Å². The molecule has 0 radical (unpaired) electrons. The first-order valence-electron chi connectivity index (χ1n) is 7.22. The third kappa shape index (κ3) is 5.89. The van der Waals surface area contributed by atoms with Crippen molar-refractivity contribution in [1.29, 1.82) is 0 Å². The third-order valence-corrected chi connectivity index (χ3v) is 4.85. The molecule has 1 N–H and O–H groups in total. The zero-order chi connectivity index (χ0) is 14.9. The molecule has 21 heavy (non-hydrogen) atoms.